The fraction of sp³-hybridized carbons (Fsp3) is 0.0741. The Bertz CT molecular complexity index is 1410. The molecule has 0 saturated carbocycles. The molecule has 0 fully saturated rings. The summed E-state index contributed by atoms with van der Waals surface area (Å²) in [5.74, 6) is 2.72. The molecule has 7 heteroatoms. The summed E-state index contributed by atoms with van der Waals surface area (Å²) < 4.78 is 8.00. The molecule has 168 valence electrons. The van der Waals surface area contributed by atoms with Crippen LogP contribution in [0, 0.1) is 0 Å². The third kappa shape index (κ3) is 4.59. The fourth-order valence-electron chi connectivity index (χ4n) is 3.68. The first kappa shape index (κ1) is 21.2. The van der Waals surface area contributed by atoms with Crippen LogP contribution in [0.1, 0.15) is 18.5 Å². The van der Waals surface area contributed by atoms with Crippen LogP contribution in [0.2, 0.25) is 0 Å². The summed E-state index contributed by atoms with van der Waals surface area (Å²) in [5.41, 5.74) is 3.86. The van der Waals surface area contributed by atoms with Crippen LogP contribution in [0.15, 0.2) is 104 Å². The molecule has 2 heterocycles. The van der Waals surface area contributed by atoms with Crippen LogP contribution in [-0.4, -0.2) is 19.5 Å². The van der Waals surface area contributed by atoms with Crippen molar-refractivity contribution in [2.45, 2.75) is 13.0 Å². The van der Waals surface area contributed by atoms with Crippen molar-refractivity contribution in [3.8, 4) is 17.3 Å². The molecule has 3 aromatic carbocycles. The van der Waals surface area contributed by atoms with Gasteiger partial charge in [-0.3, -0.25) is 4.57 Å². The Hall–Kier alpha value is -4.65. The van der Waals surface area contributed by atoms with Crippen molar-refractivity contribution < 1.29 is 4.74 Å². The lowest BCUT2D eigenvalue weighted by atomic mass is 10.1. The normalized spacial score (nSPS) is 11.7. The van der Waals surface area contributed by atoms with E-state index in [9.17, 15) is 0 Å². The van der Waals surface area contributed by atoms with Crippen LogP contribution < -0.4 is 15.4 Å². The van der Waals surface area contributed by atoms with Crippen LogP contribution in [0.5, 0.6) is 11.5 Å². The van der Waals surface area contributed by atoms with Crippen molar-refractivity contribution in [1.29, 1.82) is 0 Å². The molecular weight excluding hydrogens is 424 g/mol. The number of rotatable bonds is 8. The maximum Gasteiger partial charge on any atom is 0.225 e. The van der Waals surface area contributed by atoms with Gasteiger partial charge in [-0.15, -0.1) is 0 Å². The van der Waals surface area contributed by atoms with Gasteiger partial charge in [0.2, 0.25) is 5.95 Å². The average molecular weight is 449 g/mol. The first-order valence-electron chi connectivity index (χ1n) is 11.0. The number of hydrogen-bond acceptors (Lipinski definition) is 6. The Morgan fingerprint density at radius 1 is 0.941 bits per heavy atom. The van der Waals surface area contributed by atoms with Crippen LogP contribution in [0.3, 0.4) is 0 Å². The highest BCUT2D eigenvalue weighted by molar-refractivity contribution is 5.78. The zero-order valence-corrected chi connectivity index (χ0v) is 18.7. The first-order chi connectivity index (χ1) is 16.7. The van der Waals surface area contributed by atoms with Gasteiger partial charge in [0.1, 0.15) is 23.6 Å². The third-order valence-corrected chi connectivity index (χ3v) is 5.41. The largest absolute Gasteiger partial charge is 0.457 e. The summed E-state index contributed by atoms with van der Waals surface area (Å²) in [6, 6.07) is 25.6. The second kappa shape index (κ2) is 9.46. The van der Waals surface area contributed by atoms with Gasteiger partial charge < -0.3 is 15.4 Å². The minimum Gasteiger partial charge on any atom is -0.457 e. The molecule has 0 bridgehead atoms. The van der Waals surface area contributed by atoms with E-state index in [0.717, 1.165) is 28.3 Å². The molecule has 7 nitrogen and oxygen atoms in total. The zero-order chi connectivity index (χ0) is 23.3. The van der Waals surface area contributed by atoms with Gasteiger partial charge >= 0.3 is 0 Å². The molecule has 34 heavy (non-hydrogen) atoms. The Morgan fingerprint density at radius 2 is 1.74 bits per heavy atom. The number of hydrogen-bond donors (Lipinski definition) is 2. The highest BCUT2D eigenvalue weighted by atomic mass is 16.5. The molecule has 0 aliphatic carbocycles. The molecule has 5 rings (SSSR count). The summed E-state index contributed by atoms with van der Waals surface area (Å²) in [6.07, 6.45) is 5.14. The topological polar surface area (TPSA) is 76.9 Å². The molecule has 2 aromatic heterocycles. The fourth-order valence-corrected chi connectivity index (χ4v) is 3.68. The Kier molecular flexibility index (Phi) is 5.90. The Labute approximate surface area is 197 Å². The van der Waals surface area contributed by atoms with Gasteiger partial charge in [-0.25, -0.2) is 9.97 Å². The summed E-state index contributed by atoms with van der Waals surface area (Å²) in [5, 5.41) is 6.42. The molecule has 0 spiro atoms. The van der Waals surface area contributed by atoms with E-state index in [1.165, 1.54) is 5.56 Å². The van der Waals surface area contributed by atoms with Crippen molar-refractivity contribution in [3.63, 3.8) is 0 Å². The second-order valence-corrected chi connectivity index (χ2v) is 7.76. The summed E-state index contributed by atoms with van der Waals surface area (Å²) in [7, 11) is 0. The van der Waals surface area contributed by atoms with Crippen LogP contribution >= 0.6 is 0 Å². The smallest absolute Gasteiger partial charge is 0.225 e. The lowest BCUT2D eigenvalue weighted by Crippen LogP contribution is -2.10. The predicted molar refractivity (Wildman–Crippen MR) is 135 cm³/mol. The van der Waals surface area contributed by atoms with E-state index in [0.29, 0.717) is 11.7 Å². The number of imidazole rings is 1. The van der Waals surface area contributed by atoms with E-state index in [1.807, 2.05) is 71.3 Å². The molecule has 2 N–H and O–H groups in total. The molecule has 0 radical (unpaired) electrons. The van der Waals surface area contributed by atoms with Gasteiger partial charge in [0.15, 0.2) is 0 Å². The SMILES string of the molecule is C=CNc1ccc(Oc2ccc3ncn(-c4ccnc(N[C@@H](C)c5ccccc5)n4)c3c2)cc1. The van der Waals surface area contributed by atoms with Crippen molar-refractivity contribution >= 4 is 22.7 Å². The maximum atomic E-state index is 6.07. The Balaban J connectivity index is 1.39. The number of fused-ring (bicyclic) bond motifs is 1. The number of benzene rings is 3. The highest BCUT2D eigenvalue weighted by Crippen LogP contribution is 2.27. The van der Waals surface area contributed by atoms with E-state index in [1.54, 1.807) is 18.7 Å². The van der Waals surface area contributed by atoms with Crippen LogP contribution in [0.25, 0.3) is 16.9 Å². The molecule has 0 amide bonds. The van der Waals surface area contributed by atoms with Crippen molar-refractivity contribution in [3.05, 3.63) is 110 Å². The van der Waals surface area contributed by atoms with E-state index >= 15 is 0 Å². The second-order valence-electron chi connectivity index (χ2n) is 7.76. The molecule has 5 aromatic rings. The zero-order valence-electron chi connectivity index (χ0n) is 18.7. The molecule has 0 aliphatic rings. The third-order valence-electron chi connectivity index (χ3n) is 5.41. The first-order valence-corrected chi connectivity index (χ1v) is 11.0. The van der Waals surface area contributed by atoms with Crippen LogP contribution in [0.4, 0.5) is 11.6 Å². The molecule has 1 atom stereocenters. The quantitative estimate of drug-likeness (QED) is 0.289. The number of aromatic nitrogens is 4. The Morgan fingerprint density at radius 3 is 2.53 bits per heavy atom. The molecule has 0 aliphatic heterocycles. The number of nitrogens with zero attached hydrogens (tertiary/aromatic N) is 4. The van der Waals surface area contributed by atoms with E-state index in [4.69, 9.17) is 9.72 Å². The number of ether oxygens (including phenoxy) is 1. The van der Waals surface area contributed by atoms with Gasteiger partial charge in [0.05, 0.1) is 17.1 Å². The van der Waals surface area contributed by atoms with Gasteiger partial charge in [-0.2, -0.15) is 4.98 Å². The number of nitrogens with one attached hydrogen (secondary N) is 2. The van der Waals surface area contributed by atoms with E-state index in [-0.39, 0.29) is 6.04 Å². The van der Waals surface area contributed by atoms with Crippen LogP contribution in [-0.2, 0) is 0 Å². The molecule has 0 saturated heterocycles. The number of anilines is 2. The lowest BCUT2D eigenvalue weighted by molar-refractivity contribution is 0.483. The lowest BCUT2D eigenvalue weighted by Gasteiger charge is -2.14. The van der Waals surface area contributed by atoms with Gasteiger partial charge in [0, 0.05) is 18.0 Å². The van der Waals surface area contributed by atoms with E-state index < -0.39 is 0 Å². The summed E-state index contributed by atoms with van der Waals surface area (Å²) in [4.78, 5) is 13.6. The minimum atomic E-state index is 0.0732. The van der Waals surface area contributed by atoms with Gasteiger partial charge in [-0.05, 0) is 61.2 Å². The summed E-state index contributed by atoms with van der Waals surface area (Å²) >= 11 is 0. The average Bonchev–Trinajstić information content (AvgIpc) is 3.29. The van der Waals surface area contributed by atoms with Crippen molar-refractivity contribution in [1.82, 2.24) is 19.5 Å². The predicted octanol–water partition coefficient (Wildman–Crippen LogP) is 6.34. The van der Waals surface area contributed by atoms with Crippen molar-refractivity contribution in [2.24, 2.45) is 0 Å². The standard InChI is InChI=1S/C27H24N6O/c1-3-28-21-9-11-22(12-10-21)34-23-13-14-24-25(17-23)33(18-30-24)26-15-16-29-27(32-26)31-19(2)20-7-5-4-6-8-20/h3-19,28H,1H2,2H3,(H,29,31,32)/t19-/m0/s1. The van der Waals surface area contributed by atoms with Gasteiger partial charge in [0.25, 0.3) is 0 Å². The van der Waals surface area contributed by atoms with E-state index in [2.05, 4.69) is 46.2 Å². The van der Waals surface area contributed by atoms with Crippen molar-refractivity contribution in [2.75, 3.05) is 10.6 Å². The maximum absolute atomic E-state index is 6.07. The highest BCUT2D eigenvalue weighted by Gasteiger charge is 2.11. The monoisotopic (exact) mass is 448 g/mol. The van der Waals surface area contributed by atoms with Gasteiger partial charge in [-0.1, -0.05) is 36.9 Å². The minimum absolute atomic E-state index is 0.0732. The molecule has 0 unspecified atom stereocenters. The molecular formula is C27H24N6O. The summed E-state index contributed by atoms with van der Waals surface area (Å²) in [6.45, 7) is 5.76.